The highest BCUT2D eigenvalue weighted by Crippen LogP contribution is 2.53. The number of likely N-dealkylation sites (tertiary alicyclic amines) is 1. The van der Waals surface area contributed by atoms with E-state index in [0.717, 1.165) is 18.6 Å². The molecule has 4 aliphatic heterocycles. The number of unbranched alkanes of at least 4 members (excludes halogenated alkanes) is 1. The van der Waals surface area contributed by atoms with E-state index >= 15 is 0 Å². The molecule has 2 unspecified atom stereocenters. The number of ether oxygens (including phenoxy) is 2. The molecule has 40 heavy (non-hydrogen) atoms. The van der Waals surface area contributed by atoms with Gasteiger partial charge in [0.1, 0.15) is 17.4 Å². The van der Waals surface area contributed by atoms with Crippen molar-refractivity contribution < 1.29 is 29.0 Å². The number of carbonyl (C=O) groups is 3. The van der Waals surface area contributed by atoms with E-state index in [9.17, 15) is 19.5 Å². The van der Waals surface area contributed by atoms with Crippen LogP contribution in [0.15, 0.2) is 48.6 Å². The standard InChI is InChI=1S/C31H41N3O6/c1-4-10-21(3)32-19-9-16-31-26(29(37)34(17-6-7-20-35)27(31)30(32)38)25-24(40-31)11-8-18-33(28(25)36)22-12-14-23(15-13-22)39-5-2/h8-9,11-16,21,24-27,35H,4-7,10,17-20H2,1-3H3/t21?,24-,25+,26+,27?,31+/m1/s1. The molecular weight excluding hydrogens is 510 g/mol. The summed E-state index contributed by atoms with van der Waals surface area (Å²) < 4.78 is 12.3. The Bertz CT molecular complexity index is 1170. The van der Waals surface area contributed by atoms with Crippen LogP contribution in [0.1, 0.15) is 46.5 Å². The van der Waals surface area contributed by atoms with Crippen molar-refractivity contribution in [2.45, 2.75) is 70.2 Å². The summed E-state index contributed by atoms with van der Waals surface area (Å²) >= 11 is 0. The number of carbonyl (C=O) groups excluding carboxylic acids is 3. The summed E-state index contributed by atoms with van der Waals surface area (Å²) in [6, 6.07) is 6.53. The zero-order valence-electron chi connectivity index (χ0n) is 23.7. The van der Waals surface area contributed by atoms with Crippen LogP contribution in [0.5, 0.6) is 5.75 Å². The Kier molecular flexibility index (Phi) is 8.33. The summed E-state index contributed by atoms with van der Waals surface area (Å²) in [6.45, 7) is 7.73. The Morgan fingerprint density at radius 3 is 2.52 bits per heavy atom. The maximum Gasteiger partial charge on any atom is 0.249 e. The van der Waals surface area contributed by atoms with Gasteiger partial charge in [-0.05, 0) is 57.4 Å². The zero-order chi connectivity index (χ0) is 28.4. The van der Waals surface area contributed by atoms with E-state index < -0.39 is 29.6 Å². The summed E-state index contributed by atoms with van der Waals surface area (Å²) in [4.78, 5) is 47.9. The molecule has 1 spiro atoms. The van der Waals surface area contributed by atoms with Crippen molar-refractivity contribution in [1.82, 2.24) is 9.80 Å². The number of hydrogen-bond acceptors (Lipinski definition) is 6. The fourth-order valence-corrected chi connectivity index (χ4v) is 6.88. The van der Waals surface area contributed by atoms with Gasteiger partial charge in [-0.15, -0.1) is 0 Å². The maximum absolute atomic E-state index is 14.2. The molecule has 2 saturated heterocycles. The Labute approximate surface area is 236 Å². The smallest absolute Gasteiger partial charge is 0.249 e. The minimum absolute atomic E-state index is 0.00861. The quantitative estimate of drug-likeness (QED) is 0.355. The highest BCUT2D eigenvalue weighted by atomic mass is 16.5. The van der Waals surface area contributed by atoms with Gasteiger partial charge >= 0.3 is 0 Å². The van der Waals surface area contributed by atoms with E-state index in [1.165, 1.54) is 0 Å². The molecule has 216 valence electrons. The van der Waals surface area contributed by atoms with Crippen molar-refractivity contribution in [3.63, 3.8) is 0 Å². The Hall–Kier alpha value is -3.17. The molecule has 5 rings (SSSR count). The van der Waals surface area contributed by atoms with Crippen LogP contribution >= 0.6 is 0 Å². The fourth-order valence-electron chi connectivity index (χ4n) is 6.88. The molecule has 4 heterocycles. The first-order valence-electron chi connectivity index (χ1n) is 14.7. The van der Waals surface area contributed by atoms with Crippen molar-refractivity contribution in [2.75, 3.05) is 37.7 Å². The van der Waals surface area contributed by atoms with Crippen molar-refractivity contribution >= 4 is 23.4 Å². The molecule has 6 atom stereocenters. The normalized spacial score (nSPS) is 30.2. The number of hydrogen-bond donors (Lipinski definition) is 1. The topological polar surface area (TPSA) is 99.6 Å². The summed E-state index contributed by atoms with van der Waals surface area (Å²) in [5, 5.41) is 9.39. The lowest BCUT2D eigenvalue weighted by Crippen LogP contribution is -2.56. The van der Waals surface area contributed by atoms with Crippen molar-refractivity contribution in [1.29, 1.82) is 0 Å². The van der Waals surface area contributed by atoms with Crippen LogP contribution in [0.4, 0.5) is 5.69 Å². The molecule has 0 radical (unpaired) electrons. The van der Waals surface area contributed by atoms with Crippen LogP contribution in [0.3, 0.4) is 0 Å². The number of fused-ring (bicyclic) bond motifs is 2. The summed E-state index contributed by atoms with van der Waals surface area (Å²) in [5.41, 5.74) is -0.515. The molecule has 9 heteroatoms. The number of rotatable bonds is 10. The largest absolute Gasteiger partial charge is 0.494 e. The number of benzene rings is 1. The minimum Gasteiger partial charge on any atom is -0.494 e. The lowest BCUT2D eigenvalue weighted by molar-refractivity contribution is -0.148. The second-order valence-electron chi connectivity index (χ2n) is 11.1. The zero-order valence-corrected chi connectivity index (χ0v) is 23.7. The molecule has 1 N–H and O–H groups in total. The van der Waals surface area contributed by atoms with Crippen molar-refractivity contribution in [3.05, 3.63) is 48.6 Å². The Morgan fingerprint density at radius 1 is 1.05 bits per heavy atom. The van der Waals surface area contributed by atoms with Gasteiger partial charge in [-0.1, -0.05) is 37.6 Å². The third-order valence-electron chi connectivity index (χ3n) is 8.69. The van der Waals surface area contributed by atoms with E-state index in [1.54, 1.807) is 9.80 Å². The first kappa shape index (κ1) is 28.4. The summed E-state index contributed by atoms with van der Waals surface area (Å²) in [7, 11) is 0. The molecule has 0 aliphatic carbocycles. The van der Waals surface area contributed by atoms with E-state index in [-0.39, 0.29) is 30.4 Å². The van der Waals surface area contributed by atoms with Crippen molar-refractivity contribution in [2.24, 2.45) is 11.8 Å². The number of amides is 3. The molecule has 0 bridgehead atoms. The van der Waals surface area contributed by atoms with Crippen LogP contribution in [-0.4, -0.2) is 89.3 Å². The molecule has 1 aromatic rings. The van der Waals surface area contributed by atoms with Crippen LogP contribution in [0.25, 0.3) is 0 Å². The molecule has 9 nitrogen and oxygen atoms in total. The van der Waals surface area contributed by atoms with Crippen LogP contribution in [0.2, 0.25) is 0 Å². The number of aliphatic hydroxyl groups excluding tert-OH is 1. The van der Waals surface area contributed by atoms with Gasteiger partial charge in [0, 0.05) is 38.0 Å². The third-order valence-corrected chi connectivity index (χ3v) is 8.69. The van der Waals surface area contributed by atoms with Gasteiger partial charge in [0.05, 0.1) is 24.5 Å². The molecule has 0 aromatic heterocycles. The number of anilines is 1. The molecule has 2 fully saturated rings. The lowest BCUT2D eigenvalue weighted by atomic mass is 9.77. The number of aliphatic hydroxyl groups is 1. The minimum atomic E-state index is -1.23. The van der Waals surface area contributed by atoms with Gasteiger partial charge in [-0.3, -0.25) is 14.4 Å². The van der Waals surface area contributed by atoms with E-state index in [0.29, 0.717) is 44.8 Å². The first-order chi connectivity index (χ1) is 19.4. The van der Waals surface area contributed by atoms with Crippen LogP contribution in [-0.2, 0) is 19.1 Å². The average molecular weight is 552 g/mol. The van der Waals surface area contributed by atoms with Gasteiger partial charge in [-0.25, -0.2) is 0 Å². The van der Waals surface area contributed by atoms with Crippen LogP contribution in [0, 0.1) is 11.8 Å². The van der Waals surface area contributed by atoms with Gasteiger partial charge in [0.2, 0.25) is 17.7 Å². The molecule has 3 amide bonds. The average Bonchev–Trinajstić information content (AvgIpc) is 3.24. The summed E-state index contributed by atoms with van der Waals surface area (Å²) in [5.74, 6) is -1.41. The second kappa shape index (κ2) is 11.7. The van der Waals surface area contributed by atoms with Gasteiger partial charge in [0.25, 0.3) is 0 Å². The third kappa shape index (κ3) is 4.73. The Balaban J connectivity index is 1.52. The number of nitrogens with zero attached hydrogens (tertiary/aromatic N) is 3. The van der Waals surface area contributed by atoms with Crippen molar-refractivity contribution in [3.8, 4) is 5.75 Å². The van der Waals surface area contributed by atoms with E-state index in [1.807, 2.05) is 67.3 Å². The second-order valence-corrected chi connectivity index (χ2v) is 11.1. The van der Waals surface area contributed by atoms with Gasteiger partial charge < -0.3 is 29.3 Å². The molecule has 1 aromatic carbocycles. The highest BCUT2D eigenvalue weighted by Gasteiger charge is 2.71. The fraction of sp³-hybridized carbons (Fsp3) is 0.581. The SMILES string of the molecule is CCCC(C)N1CC=C[C@]23O[C@@H]4C=CCN(c5ccc(OCC)cc5)C(=O)[C@@H]4[C@H]2C(=O)N(CCCCO)C3C1=O. The Morgan fingerprint density at radius 2 is 1.82 bits per heavy atom. The summed E-state index contributed by atoms with van der Waals surface area (Å²) in [6.07, 6.45) is 9.87. The highest BCUT2D eigenvalue weighted by molar-refractivity contribution is 6.03. The predicted octanol–water partition coefficient (Wildman–Crippen LogP) is 2.93. The maximum atomic E-state index is 14.2. The molecular formula is C31H41N3O6. The van der Waals surface area contributed by atoms with E-state index in [2.05, 4.69) is 6.92 Å². The van der Waals surface area contributed by atoms with Crippen LogP contribution < -0.4 is 9.64 Å². The van der Waals surface area contributed by atoms with E-state index in [4.69, 9.17) is 9.47 Å². The van der Waals surface area contributed by atoms with Gasteiger partial charge in [-0.2, -0.15) is 0 Å². The molecule has 4 aliphatic rings. The van der Waals surface area contributed by atoms with Gasteiger partial charge in [0.15, 0.2) is 0 Å². The monoisotopic (exact) mass is 551 g/mol. The molecule has 0 saturated carbocycles. The first-order valence-corrected chi connectivity index (χ1v) is 14.7. The lowest BCUT2D eigenvalue weighted by Gasteiger charge is -2.37. The predicted molar refractivity (Wildman–Crippen MR) is 151 cm³/mol.